The monoisotopic (exact) mass is 230 g/mol. The lowest BCUT2D eigenvalue weighted by atomic mass is 10.1. The van der Waals surface area contributed by atoms with E-state index in [4.69, 9.17) is 0 Å². The van der Waals surface area contributed by atoms with Crippen LogP contribution in [0.3, 0.4) is 0 Å². The van der Waals surface area contributed by atoms with Crippen molar-refractivity contribution in [1.82, 2.24) is 4.98 Å². The first-order valence-electron chi connectivity index (χ1n) is 4.60. The van der Waals surface area contributed by atoms with Gasteiger partial charge in [-0.15, -0.1) is 0 Å². The number of anilines is 1. The molecule has 0 amide bonds. The number of pyridine rings is 1. The topological polar surface area (TPSA) is 45.1 Å². The van der Waals surface area contributed by atoms with Gasteiger partial charge in [0.1, 0.15) is 0 Å². The molecule has 2 N–H and O–H groups in total. The molecule has 1 unspecified atom stereocenters. The van der Waals surface area contributed by atoms with Crippen molar-refractivity contribution in [3.05, 3.63) is 24.3 Å². The number of aromatic nitrogens is 1. The molecule has 1 aromatic rings. The maximum absolute atomic E-state index is 12.7. The minimum atomic E-state index is -0.792. The molecule has 0 radical (unpaired) electrons. The first kappa shape index (κ1) is 12.3. The molecule has 0 saturated heterocycles. The van der Waals surface area contributed by atoms with Gasteiger partial charge in [-0.3, -0.25) is 0 Å². The van der Waals surface area contributed by atoms with E-state index in [1.807, 2.05) is 6.26 Å². The van der Waals surface area contributed by atoms with Gasteiger partial charge in [0.25, 0.3) is 0 Å². The van der Waals surface area contributed by atoms with Gasteiger partial charge >= 0.3 is 0 Å². The molecule has 84 valence electrons. The molecular weight excluding hydrogens is 215 g/mol. The summed E-state index contributed by atoms with van der Waals surface area (Å²) in [6, 6.07) is 2.97. The van der Waals surface area contributed by atoms with Gasteiger partial charge in [-0.05, 0) is 19.2 Å². The lowest BCUT2D eigenvalue weighted by Gasteiger charge is -2.23. The summed E-state index contributed by atoms with van der Waals surface area (Å²) in [6.07, 6.45) is 3.32. The fraction of sp³-hybridized carbons (Fsp3) is 0.500. The van der Waals surface area contributed by atoms with Gasteiger partial charge in [0.15, 0.2) is 0 Å². The second-order valence-corrected chi connectivity index (χ2v) is 4.52. The molecule has 0 aliphatic rings. The standard InChI is InChI=1S/C10H15FN2OS/c1-10(14,7-15-2)6-13-8-3-4-12-9(11)5-8/h3-5,14H,6-7H2,1-2H3,(H,12,13). The molecule has 0 spiro atoms. The number of rotatable bonds is 5. The molecule has 0 fully saturated rings. The van der Waals surface area contributed by atoms with Crippen LogP contribution in [0.2, 0.25) is 0 Å². The molecule has 1 heterocycles. The summed E-state index contributed by atoms with van der Waals surface area (Å²) in [5.41, 5.74) is -0.164. The highest BCUT2D eigenvalue weighted by atomic mass is 32.2. The Labute approximate surface area is 93.1 Å². The molecule has 0 aliphatic carbocycles. The maximum Gasteiger partial charge on any atom is 0.214 e. The van der Waals surface area contributed by atoms with Crippen LogP contribution in [0.1, 0.15) is 6.92 Å². The van der Waals surface area contributed by atoms with Crippen molar-refractivity contribution in [3.8, 4) is 0 Å². The molecule has 5 heteroatoms. The Hall–Kier alpha value is -0.810. The maximum atomic E-state index is 12.7. The van der Waals surface area contributed by atoms with Crippen LogP contribution in [0.5, 0.6) is 0 Å². The Bertz CT molecular complexity index is 320. The van der Waals surface area contributed by atoms with Crippen LogP contribution in [0.4, 0.5) is 10.1 Å². The van der Waals surface area contributed by atoms with Gasteiger partial charge < -0.3 is 10.4 Å². The van der Waals surface area contributed by atoms with Crippen LogP contribution in [0.25, 0.3) is 0 Å². The Kier molecular flexibility index (Phi) is 4.35. The number of thioether (sulfide) groups is 1. The first-order valence-corrected chi connectivity index (χ1v) is 6.00. The quantitative estimate of drug-likeness (QED) is 0.756. The number of hydrogen-bond acceptors (Lipinski definition) is 4. The molecule has 1 atom stereocenters. The Balaban J connectivity index is 2.49. The highest BCUT2D eigenvalue weighted by molar-refractivity contribution is 7.98. The van der Waals surface area contributed by atoms with Crippen molar-refractivity contribution in [2.24, 2.45) is 0 Å². The summed E-state index contributed by atoms with van der Waals surface area (Å²) >= 11 is 1.57. The van der Waals surface area contributed by atoms with E-state index in [0.29, 0.717) is 18.0 Å². The van der Waals surface area contributed by atoms with Crippen molar-refractivity contribution in [3.63, 3.8) is 0 Å². The number of aliphatic hydroxyl groups is 1. The third kappa shape index (κ3) is 4.48. The fourth-order valence-corrected chi connectivity index (χ4v) is 1.89. The molecule has 0 aliphatic heterocycles. The van der Waals surface area contributed by atoms with Crippen LogP contribution in [-0.2, 0) is 0 Å². The molecule has 1 rings (SSSR count). The molecule has 0 saturated carbocycles. The number of nitrogens with one attached hydrogen (secondary N) is 1. The zero-order chi connectivity index (χ0) is 11.3. The number of halogens is 1. The molecule has 0 aromatic carbocycles. The average molecular weight is 230 g/mol. The van der Waals surface area contributed by atoms with Gasteiger partial charge in [0.2, 0.25) is 5.95 Å². The van der Waals surface area contributed by atoms with Gasteiger partial charge in [0, 0.05) is 30.2 Å². The predicted molar refractivity (Wildman–Crippen MR) is 61.7 cm³/mol. The lowest BCUT2D eigenvalue weighted by Crippen LogP contribution is -2.36. The normalized spacial score (nSPS) is 14.7. The van der Waals surface area contributed by atoms with Gasteiger partial charge in [-0.25, -0.2) is 4.98 Å². The Morgan fingerprint density at radius 2 is 2.40 bits per heavy atom. The highest BCUT2D eigenvalue weighted by Gasteiger charge is 2.18. The fourth-order valence-electron chi connectivity index (χ4n) is 1.17. The van der Waals surface area contributed by atoms with Crippen LogP contribution in [-0.4, -0.2) is 34.2 Å². The van der Waals surface area contributed by atoms with Crippen molar-refractivity contribution >= 4 is 17.4 Å². The third-order valence-electron chi connectivity index (χ3n) is 1.86. The summed E-state index contributed by atoms with van der Waals surface area (Å²) in [5, 5.41) is 12.8. The minimum absolute atomic E-state index is 0.386. The van der Waals surface area contributed by atoms with E-state index in [-0.39, 0.29) is 0 Å². The minimum Gasteiger partial charge on any atom is -0.387 e. The largest absolute Gasteiger partial charge is 0.387 e. The van der Waals surface area contributed by atoms with Gasteiger partial charge in [-0.2, -0.15) is 16.2 Å². The van der Waals surface area contributed by atoms with E-state index in [2.05, 4.69) is 10.3 Å². The number of nitrogens with zero attached hydrogens (tertiary/aromatic N) is 1. The van der Waals surface area contributed by atoms with E-state index < -0.39 is 11.5 Å². The lowest BCUT2D eigenvalue weighted by molar-refractivity contribution is 0.0997. The smallest absolute Gasteiger partial charge is 0.214 e. The van der Waals surface area contributed by atoms with Crippen molar-refractivity contribution < 1.29 is 9.50 Å². The van der Waals surface area contributed by atoms with Crippen molar-refractivity contribution in [2.75, 3.05) is 23.9 Å². The van der Waals surface area contributed by atoms with Gasteiger partial charge in [0.05, 0.1) is 5.60 Å². The summed E-state index contributed by atoms with van der Waals surface area (Å²) in [7, 11) is 0. The Morgan fingerprint density at radius 1 is 1.67 bits per heavy atom. The van der Waals surface area contributed by atoms with Crippen LogP contribution < -0.4 is 5.32 Å². The summed E-state index contributed by atoms with van der Waals surface area (Å²) in [5.74, 6) is 0.109. The van der Waals surface area contributed by atoms with E-state index in [1.165, 1.54) is 12.3 Å². The van der Waals surface area contributed by atoms with Crippen molar-refractivity contribution in [2.45, 2.75) is 12.5 Å². The molecular formula is C10H15FN2OS. The second-order valence-electron chi connectivity index (χ2n) is 3.65. The van der Waals surface area contributed by atoms with E-state index in [0.717, 1.165) is 0 Å². The van der Waals surface area contributed by atoms with E-state index >= 15 is 0 Å². The highest BCUT2D eigenvalue weighted by Crippen LogP contribution is 2.13. The summed E-state index contributed by atoms with van der Waals surface area (Å²) in [4.78, 5) is 3.45. The average Bonchev–Trinajstić information content (AvgIpc) is 2.15. The van der Waals surface area contributed by atoms with E-state index in [9.17, 15) is 9.50 Å². The molecule has 15 heavy (non-hydrogen) atoms. The molecule has 1 aromatic heterocycles. The van der Waals surface area contributed by atoms with Gasteiger partial charge in [-0.1, -0.05) is 0 Å². The Morgan fingerprint density at radius 3 is 3.00 bits per heavy atom. The first-order chi connectivity index (χ1) is 7.03. The predicted octanol–water partition coefficient (Wildman–Crippen LogP) is 1.75. The zero-order valence-electron chi connectivity index (χ0n) is 8.83. The van der Waals surface area contributed by atoms with E-state index in [1.54, 1.807) is 24.8 Å². The molecule has 3 nitrogen and oxygen atoms in total. The second kappa shape index (κ2) is 5.32. The summed E-state index contributed by atoms with van der Waals surface area (Å²) in [6.45, 7) is 2.13. The van der Waals surface area contributed by atoms with Crippen LogP contribution >= 0.6 is 11.8 Å². The zero-order valence-corrected chi connectivity index (χ0v) is 9.64. The van der Waals surface area contributed by atoms with Crippen LogP contribution in [0, 0.1) is 5.95 Å². The SMILES string of the molecule is CSCC(C)(O)CNc1ccnc(F)c1. The molecule has 0 bridgehead atoms. The number of hydrogen-bond donors (Lipinski definition) is 2. The summed E-state index contributed by atoms with van der Waals surface area (Å²) < 4.78 is 12.7. The third-order valence-corrected chi connectivity index (χ3v) is 2.77. The van der Waals surface area contributed by atoms with Crippen molar-refractivity contribution in [1.29, 1.82) is 0 Å². The van der Waals surface area contributed by atoms with Crippen LogP contribution in [0.15, 0.2) is 18.3 Å².